The molecule has 8 heteroatoms. The first-order valence-corrected chi connectivity index (χ1v) is 10.1. The molecule has 0 aliphatic carbocycles. The van der Waals surface area contributed by atoms with E-state index in [4.69, 9.17) is 4.52 Å². The summed E-state index contributed by atoms with van der Waals surface area (Å²) in [6.07, 6.45) is 3.89. The van der Waals surface area contributed by atoms with Crippen molar-refractivity contribution in [2.75, 3.05) is 13.1 Å². The molecule has 0 spiro atoms. The van der Waals surface area contributed by atoms with Gasteiger partial charge < -0.3 is 15.2 Å². The van der Waals surface area contributed by atoms with Crippen molar-refractivity contribution >= 4 is 41.3 Å². The van der Waals surface area contributed by atoms with E-state index in [-0.39, 0.29) is 24.0 Å². The van der Waals surface area contributed by atoms with Crippen LogP contribution < -0.4 is 10.6 Å². The summed E-state index contributed by atoms with van der Waals surface area (Å²) in [7, 11) is 0. The number of aromatic nitrogens is 2. The summed E-state index contributed by atoms with van der Waals surface area (Å²) in [5.74, 6) is 1.53. The third kappa shape index (κ3) is 6.59. The molecule has 0 saturated heterocycles. The van der Waals surface area contributed by atoms with E-state index in [1.807, 2.05) is 42.6 Å². The molecule has 0 radical (unpaired) electrons. The van der Waals surface area contributed by atoms with E-state index < -0.39 is 0 Å². The quantitative estimate of drug-likeness (QED) is 0.268. The van der Waals surface area contributed by atoms with Gasteiger partial charge in [0.2, 0.25) is 0 Å². The molecule has 0 bridgehead atoms. The second-order valence-corrected chi connectivity index (χ2v) is 7.19. The number of aryl methyl sites for hydroxylation is 1. The Bertz CT molecular complexity index is 862. The van der Waals surface area contributed by atoms with E-state index in [1.165, 1.54) is 4.88 Å². The lowest BCUT2D eigenvalue weighted by atomic mass is 10.2. The molecule has 3 aromatic rings. The number of nitrogens with zero attached hydrogens (tertiary/aromatic N) is 3. The SMILES string of the molecule is CCNC(=NCc1cc(-c2ccccc2)on1)NCCc1ncc(CC)s1.I. The van der Waals surface area contributed by atoms with Crippen LogP contribution in [0.3, 0.4) is 0 Å². The van der Waals surface area contributed by atoms with Gasteiger partial charge in [-0.05, 0) is 13.3 Å². The lowest BCUT2D eigenvalue weighted by Crippen LogP contribution is -2.38. The van der Waals surface area contributed by atoms with E-state index in [9.17, 15) is 0 Å². The van der Waals surface area contributed by atoms with Crippen LogP contribution in [0, 0.1) is 0 Å². The first kappa shape index (κ1) is 22.4. The van der Waals surface area contributed by atoms with E-state index in [0.717, 1.165) is 53.9 Å². The largest absolute Gasteiger partial charge is 0.357 e. The molecule has 2 heterocycles. The number of thiazole rings is 1. The number of hydrogen-bond acceptors (Lipinski definition) is 5. The van der Waals surface area contributed by atoms with Gasteiger partial charge in [0.15, 0.2) is 11.7 Å². The van der Waals surface area contributed by atoms with Gasteiger partial charge in [-0.15, -0.1) is 35.3 Å². The molecule has 2 N–H and O–H groups in total. The Morgan fingerprint density at radius 1 is 1.18 bits per heavy atom. The number of rotatable bonds is 8. The van der Waals surface area contributed by atoms with Crippen molar-refractivity contribution in [1.29, 1.82) is 0 Å². The van der Waals surface area contributed by atoms with Crippen molar-refractivity contribution < 1.29 is 4.52 Å². The number of nitrogens with one attached hydrogen (secondary N) is 2. The Labute approximate surface area is 186 Å². The van der Waals surface area contributed by atoms with Gasteiger partial charge in [-0.25, -0.2) is 9.98 Å². The van der Waals surface area contributed by atoms with Gasteiger partial charge in [-0.2, -0.15) is 0 Å². The van der Waals surface area contributed by atoms with Crippen molar-refractivity contribution in [1.82, 2.24) is 20.8 Å². The lowest BCUT2D eigenvalue weighted by molar-refractivity contribution is 0.424. The van der Waals surface area contributed by atoms with Crippen LogP contribution >= 0.6 is 35.3 Å². The van der Waals surface area contributed by atoms with E-state index in [2.05, 4.69) is 39.6 Å². The molecular formula is C20H26IN5OS. The van der Waals surface area contributed by atoms with Gasteiger partial charge in [0.05, 0.1) is 11.6 Å². The number of halogens is 1. The molecule has 3 rings (SSSR count). The highest BCUT2D eigenvalue weighted by atomic mass is 127. The summed E-state index contributed by atoms with van der Waals surface area (Å²) in [6.45, 7) is 6.25. The molecule has 6 nitrogen and oxygen atoms in total. The average molecular weight is 511 g/mol. The molecule has 0 atom stereocenters. The summed E-state index contributed by atoms with van der Waals surface area (Å²) in [4.78, 5) is 10.4. The molecule has 0 amide bonds. The Morgan fingerprint density at radius 2 is 2.00 bits per heavy atom. The minimum Gasteiger partial charge on any atom is -0.357 e. The Balaban J connectivity index is 0.00000280. The topological polar surface area (TPSA) is 75.3 Å². The van der Waals surface area contributed by atoms with Crippen LogP contribution in [0.25, 0.3) is 11.3 Å². The molecule has 1 aromatic carbocycles. The molecule has 0 fully saturated rings. The normalized spacial score (nSPS) is 11.1. The highest BCUT2D eigenvalue weighted by molar-refractivity contribution is 14.0. The maximum absolute atomic E-state index is 5.43. The number of benzene rings is 1. The molecule has 150 valence electrons. The van der Waals surface area contributed by atoms with Crippen molar-refractivity contribution in [3.63, 3.8) is 0 Å². The first-order chi connectivity index (χ1) is 13.3. The fourth-order valence-corrected chi connectivity index (χ4v) is 3.40. The van der Waals surface area contributed by atoms with Crippen LogP contribution in [0.4, 0.5) is 0 Å². The van der Waals surface area contributed by atoms with Gasteiger partial charge in [-0.3, -0.25) is 0 Å². The van der Waals surface area contributed by atoms with Crippen molar-refractivity contribution in [3.05, 3.63) is 58.2 Å². The highest BCUT2D eigenvalue weighted by Gasteiger charge is 2.07. The zero-order chi connectivity index (χ0) is 18.9. The van der Waals surface area contributed by atoms with Crippen molar-refractivity contribution in [3.8, 4) is 11.3 Å². The van der Waals surface area contributed by atoms with Crippen LogP contribution in [0.15, 0.2) is 52.1 Å². The third-order valence-corrected chi connectivity index (χ3v) is 5.14. The Morgan fingerprint density at radius 3 is 2.71 bits per heavy atom. The molecule has 28 heavy (non-hydrogen) atoms. The molecule has 0 saturated carbocycles. The minimum atomic E-state index is 0. The second kappa shape index (κ2) is 11.8. The predicted octanol–water partition coefficient (Wildman–Crippen LogP) is 4.28. The summed E-state index contributed by atoms with van der Waals surface area (Å²) in [5, 5.41) is 11.9. The van der Waals surface area contributed by atoms with Crippen molar-refractivity contribution in [2.24, 2.45) is 4.99 Å². The number of hydrogen-bond donors (Lipinski definition) is 2. The monoisotopic (exact) mass is 511 g/mol. The fraction of sp³-hybridized carbons (Fsp3) is 0.350. The molecule has 0 unspecified atom stereocenters. The second-order valence-electron chi connectivity index (χ2n) is 5.99. The molecule has 0 aliphatic rings. The van der Waals surface area contributed by atoms with Crippen LogP contribution in [-0.2, 0) is 19.4 Å². The highest BCUT2D eigenvalue weighted by Crippen LogP contribution is 2.20. The summed E-state index contributed by atoms with van der Waals surface area (Å²) >= 11 is 1.77. The van der Waals surface area contributed by atoms with Gasteiger partial charge in [0.1, 0.15) is 5.69 Å². The number of aliphatic imine (C=N–C) groups is 1. The number of guanidine groups is 1. The third-order valence-electron chi connectivity index (χ3n) is 3.94. The zero-order valence-corrected chi connectivity index (χ0v) is 19.3. The standard InChI is InChI=1S/C20H25N5OS.HI/c1-3-17-14-23-19(27-17)10-11-22-20(21-4-2)24-13-16-12-18(26-25-16)15-8-6-5-7-9-15;/h5-9,12,14H,3-4,10-11,13H2,1-2H3,(H2,21,22,24);1H. The maximum atomic E-state index is 5.43. The van der Waals surface area contributed by atoms with E-state index in [0.29, 0.717) is 6.54 Å². The van der Waals surface area contributed by atoms with Gasteiger partial charge in [0.25, 0.3) is 0 Å². The Kier molecular flexibility index (Phi) is 9.42. The van der Waals surface area contributed by atoms with E-state index >= 15 is 0 Å². The summed E-state index contributed by atoms with van der Waals surface area (Å²) in [6, 6.07) is 11.9. The Hall–Kier alpha value is -1.94. The van der Waals surface area contributed by atoms with Crippen LogP contribution in [0.2, 0.25) is 0 Å². The molecular weight excluding hydrogens is 485 g/mol. The van der Waals surface area contributed by atoms with Gasteiger partial charge in [-0.1, -0.05) is 42.4 Å². The fourth-order valence-electron chi connectivity index (χ4n) is 2.54. The lowest BCUT2D eigenvalue weighted by Gasteiger charge is -2.10. The summed E-state index contributed by atoms with van der Waals surface area (Å²) in [5.41, 5.74) is 1.82. The molecule has 2 aromatic heterocycles. The van der Waals surface area contributed by atoms with Crippen LogP contribution in [-0.4, -0.2) is 29.2 Å². The zero-order valence-electron chi connectivity index (χ0n) is 16.1. The average Bonchev–Trinajstić information content (AvgIpc) is 3.36. The maximum Gasteiger partial charge on any atom is 0.191 e. The van der Waals surface area contributed by atoms with Crippen LogP contribution in [0.5, 0.6) is 0 Å². The first-order valence-electron chi connectivity index (χ1n) is 9.25. The van der Waals surface area contributed by atoms with Crippen LogP contribution in [0.1, 0.15) is 29.4 Å². The van der Waals surface area contributed by atoms with Gasteiger partial charge in [0, 0.05) is 42.2 Å². The van der Waals surface area contributed by atoms with Crippen molar-refractivity contribution in [2.45, 2.75) is 33.2 Å². The predicted molar refractivity (Wildman–Crippen MR) is 125 cm³/mol. The van der Waals surface area contributed by atoms with Gasteiger partial charge >= 0.3 is 0 Å². The van der Waals surface area contributed by atoms with E-state index in [1.54, 1.807) is 11.3 Å². The molecule has 0 aliphatic heterocycles. The smallest absolute Gasteiger partial charge is 0.191 e. The minimum absolute atomic E-state index is 0. The summed E-state index contributed by atoms with van der Waals surface area (Å²) < 4.78 is 5.43.